The fraction of sp³-hybridized carbons (Fsp3) is 0.500. The number of amidine groups is 1. The van der Waals surface area contributed by atoms with Crippen LogP contribution in [0, 0.1) is 5.41 Å². The molecule has 1 aromatic carbocycles. The van der Waals surface area contributed by atoms with Crippen molar-refractivity contribution >= 4 is 5.84 Å². The second-order valence-electron chi connectivity index (χ2n) is 5.51. The molecule has 0 heterocycles. The van der Waals surface area contributed by atoms with E-state index in [-0.39, 0.29) is 11.3 Å². The van der Waals surface area contributed by atoms with Crippen molar-refractivity contribution in [3.8, 4) is 11.5 Å². The van der Waals surface area contributed by atoms with Gasteiger partial charge in [-0.15, -0.1) is 0 Å². The standard InChI is InChI=1S/C14H22N2O3/c1-14(2,3)7-8-19-11-6-5-10(13(15)16-17)9-12(11)18-4/h5-6,9,17H,7-8H2,1-4H3,(H2,15,16). The lowest BCUT2D eigenvalue weighted by Gasteiger charge is -2.19. The molecule has 0 aliphatic carbocycles. The van der Waals surface area contributed by atoms with Crippen LogP contribution >= 0.6 is 0 Å². The Balaban J connectivity index is 2.79. The molecule has 5 heteroatoms. The van der Waals surface area contributed by atoms with Gasteiger partial charge in [0.05, 0.1) is 13.7 Å². The fourth-order valence-electron chi connectivity index (χ4n) is 1.47. The average Bonchev–Trinajstić information content (AvgIpc) is 2.36. The van der Waals surface area contributed by atoms with Crippen molar-refractivity contribution in [1.82, 2.24) is 0 Å². The van der Waals surface area contributed by atoms with E-state index in [9.17, 15) is 0 Å². The first-order chi connectivity index (χ1) is 8.87. The van der Waals surface area contributed by atoms with Gasteiger partial charge in [0, 0.05) is 5.56 Å². The summed E-state index contributed by atoms with van der Waals surface area (Å²) in [5, 5.41) is 11.6. The van der Waals surface area contributed by atoms with Crippen LogP contribution in [0.1, 0.15) is 32.8 Å². The van der Waals surface area contributed by atoms with Crippen molar-refractivity contribution < 1.29 is 14.7 Å². The Hall–Kier alpha value is -1.91. The molecular weight excluding hydrogens is 244 g/mol. The molecule has 0 aliphatic heterocycles. The van der Waals surface area contributed by atoms with E-state index in [0.717, 1.165) is 6.42 Å². The van der Waals surface area contributed by atoms with Gasteiger partial charge in [0.1, 0.15) is 0 Å². The molecule has 3 N–H and O–H groups in total. The Kier molecular flexibility index (Phi) is 5.03. The van der Waals surface area contributed by atoms with Gasteiger partial charge in [0.25, 0.3) is 0 Å². The summed E-state index contributed by atoms with van der Waals surface area (Å²) in [5.74, 6) is 1.26. The third kappa shape index (κ3) is 4.69. The number of rotatable bonds is 5. The van der Waals surface area contributed by atoms with Crippen LogP contribution in [0.25, 0.3) is 0 Å². The highest BCUT2D eigenvalue weighted by Crippen LogP contribution is 2.29. The van der Waals surface area contributed by atoms with Crippen molar-refractivity contribution in [3.05, 3.63) is 23.8 Å². The third-order valence-electron chi connectivity index (χ3n) is 2.68. The maximum absolute atomic E-state index is 8.64. The average molecular weight is 266 g/mol. The minimum absolute atomic E-state index is 0.0412. The number of nitrogens with zero attached hydrogens (tertiary/aromatic N) is 1. The Morgan fingerprint density at radius 1 is 1.32 bits per heavy atom. The molecule has 0 amide bonds. The molecule has 19 heavy (non-hydrogen) atoms. The van der Waals surface area contributed by atoms with Gasteiger partial charge in [-0.2, -0.15) is 0 Å². The molecule has 106 valence electrons. The van der Waals surface area contributed by atoms with E-state index in [4.69, 9.17) is 20.4 Å². The normalized spacial score (nSPS) is 12.3. The van der Waals surface area contributed by atoms with Crippen LogP contribution in [0.15, 0.2) is 23.4 Å². The number of methoxy groups -OCH3 is 1. The molecule has 1 aromatic rings. The number of oxime groups is 1. The molecule has 0 fully saturated rings. The number of nitrogens with two attached hydrogens (primary N) is 1. The zero-order valence-corrected chi connectivity index (χ0v) is 11.9. The van der Waals surface area contributed by atoms with Crippen LogP contribution in [0.4, 0.5) is 0 Å². The SMILES string of the molecule is COc1cc(C(N)=NO)ccc1OCCC(C)(C)C. The molecule has 0 unspecified atom stereocenters. The van der Waals surface area contributed by atoms with Crippen LogP contribution in [0.3, 0.4) is 0 Å². The highest BCUT2D eigenvalue weighted by atomic mass is 16.5. The van der Waals surface area contributed by atoms with Gasteiger partial charge in [-0.25, -0.2) is 0 Å². The van der Waals surface area contributed by atoms with E-state index >= 15 is 0 Å². The Bertz CT molecular complexity index is 450. The van der Waals surface area contributed by atoms with Crippen LogP contribution < -0.4 is 15.2 Å². The molecule has 1 rings (SSSR count). The fourth-order valence-corrected chi connectivity index (χ4v) is 1.47. The van der Waals surface area contributed by atoms with Crippen molar-refractivity contribution in [1.29, 1.82) is 0 Å². The second-order valence-corrected chi connectivity index (χ2v) is 5.51. The zero-order chi connectivity index (χ0) is 14.5. The minimum Gasteiger partial charge on any atom is -0.493 e. The maximum atomic E-state index is 8.64. The van der Waals surface area contributed by atoms with Gasteiger partial charge in [0.2, 0.25) is 0 Å². The van der Waals surface area contributed by atoms with Gasteiger partial charge in [0.15, 0.2) is 17.3 Å². The van der Waals surface area contributed by atoms with Crippen LogP contribution in [-0.4, -0.2) is 24.8 Å². The smallest absolute Gasteiger partial charge is 0.170 e. The lowest BCUT2D eigenvalue weighted by atomic mass is 9.93. The van der Waals surface area contributed by atoms with E-state index in [0.29, 0.717) is 23.7 Å². The van der Waals surface area contributed by atoms with E-state index in [1.54, 1.807) is 25.3 Å². The van der Waals surface area contributed by atoms with E-state index in [2.05, 4.69) is 25.9 Å². The van der Waals surface area contributed by atoms with Gasteiger partial charge < -0.3 is 20.4 Å². The molecule has 0 spiro atoms. The topological polar surface area (TPSA) is 77.1 Å². The summed E-state index contributed by atoms with van der Waals surface area (Å²) in [6.45, 7) is 7.10. The number of hydrogen-bond donors (Lipinski definition) is 2. The summed E-state index contributed by atoms with van der Waals surface area (Å²) in [5.41, 5.74) is 6.34. The first kappa shape index (κ1) is 15.1. The number of ether oxygens (including phenoxy) is 2. The van der Waals surface area contributed by atoms with Crippen molar-refractivity contribution in [2.75, 3.05) is 13.7 Å². The summed E-state index contributed by atoms with van der Waals surface area (Å²) in [6, 6.07) is 5.17. The molecule has 0 aromatic heterocycles. The first-order valence-electron chi connectivity index (χ1n) is 6.16. The van der Waals surface area contributed by atoms with E-state index in [1.165, 1.54) is 0 Å². The number of hydrogen-bond acceptors (Lipinski definition) is 4. The molecule has 0 radical (unpaired) electrons. The minimum atomic E-state index is 0.0412. The first-order valence-corrected chi connectivity index (χ1v) is 6.16. The summed E-state index contributed by atoms with van der Waals surface area (Å²) in [6.07, 6.45) is 0.943. The molecular formula is C14H22N2O3. The van der Waals surface area contributed by atoms with Gasteiger partial charge >= 0.3 is 0 Å². The van der Waals surface area contributed by atoms with Crippen LogP contribution in [0.2, 0.25) is 0 Å². The molecule has 0 saturated heterocycles. The summed E-state index contributed by atoms with van der Waals surface area (Å²) in [4.78, 5) is 0. The zero-order valence-electron chi connectivity index (χ0n) is 11.9. The summed E-state index contributed by atoms with van der Waals surface area (Å²) in [7, 11) is 1.56. The van der Waals surface area contributed by atoms with Gasteiger partial charge in [-0.3, -0.25) is 0 Å². The molecule has 0 bridgehead atoms. The highest BCUT2D eigenvalue weighted by Gasteiger charge is 2.12. The molecule has 0 saturated carbocycles. The Morgan fingerprint density at radius 2 is 2.00 bits per heavy atom. The van der Waals surface area contributed by atoms with Gasteiger partial charge in [-0.1, -0.05) is 25.9 Å². The predicted octanol–water partition coefficient (Wildman–Crippen LogP) is 2.60. The molecule has 0 atom stereocenters. The summed E-state index contributed by atoms with van der Waals surface area (Å²) >= 11 is 0. The van der Waals surface area contributed by atoms with Crippen molar-refractivity contribution in [2.45, 2.75) is 27.2 Å². The van der Waals surface area contributed by atoms with E-state index < -0.39 is 0 Å². The maximum Gasteiger partial charge on any atom is 0.170 e. The summed E-state index contributed by atoms with van der Waals surface area (Å²) < 4.78 is 11.0. The molecule has 5 nitrogen and oxygen atoms in total. The van der Waals surface area contributed by atoms with Gasteiger partial charge in [-0.05, 0) is 30.0 Å². The predicted molar refractivity (Wildman–Crippen MR) is 75.1 cm³/mol. The number of benzene rings is 1. The monoisotopic (exact) mass is 266 g/mol. The highest BCUT2D eigenvalue weighted by molar-refractivity contribution is 5.97. The quantitative estimate of drug-likeness (QED) is 0.372. The second kappa shape index (κ2) is 6.31. The van der Waals surface area contributed by atoms with E-state index in [1.807, 2.05) is 0 Å². The Labute approximate surface area is 114 Å². The van der Waals surface area contributed by atoms with Crippen LogP contribution in [0.5, 0.6) is 11.5 Å². The third-order valence-corrected chi connectivity index (χ3v) is 2.68. The lowest BCUT2D eigenvalue weighted by Crippen LogP contribution is -2.14. The van der Waals surface area contributed by atoms with Crippen molar-refractivity contribution in [3.63, 3.8) is 0 Å². The van der Waals surface area contributed by atoms with Crippen LogP contribution in [-0.2, 0) is 0 Å². The Morgan fingerprint density at radius 3 is 2.53 bits per heavy atom. The molecule has 0 aliphatic rings. The largest absolute Gasteiger partial charge is 0.493 e. The van der Waals surface area contributed by atoms with Crippen molar-refractivity contribution in [2.24, 2.45) is 16.3 Å². The lowest BCUT2D eigenvalue weighted by molar-refractivity contribution is 0.234.